The van der Waals surface area contributed by atoms with E-state index in [0.717, 1.165) is 18.5 Å². The van der Waals surface area contributed by atoms with Crippen LogP contribution < -0.4 is 11.1 Å². The number of carbonyl (C=O) groups is 1. The van der Waals surface area contributed by atoms with Gasteiger partial charge in [0.25, 0.3) is 5.91 Å². The number of rotatable bonds is 6. The Balaban J connectivity index is 2.41. The Morgan fingerprint density at radius 3 is 2.74 bits per heavy atom. The van der Waals surface area contributed by atoms with Gasteiger partial charge in [-0.05, 0) is 52.9 Å². The molecule has 0 aliphatic rings. The number of hydrogen-bond donors (Lipinski definition) is 2. The van der Waals surface area contributed by atoms with E-state index in [9.17, 15) is 4.79 Å². The van der Waals surface area contributed by atoms with E-state index in [-0.39, 0.29) is 5.91 Å². The van der Waals surface area contributed by atoms with Gasteiger partial charge in [0.15, 0.2) is 0 Å². The third-order valence-electron chi connectivity index (χ3n) is 3.31. The van der Waals surface area contributed by atoms with Crippen molar-refractivity contribution in [2.45, 2.75) is 33.2 Å². The van der Waals surface area contributed by atoms with Crippen molar-refractivity contribution in [2.24, 2.45) is 0 Å². The van der Waals surface area contributed by atoms with Gasteiger partial charge in [0.05, 0.1) is 5.56 Å². The van der Waals surface area contributed by atoms with Gasteiger partial charge in [-0.3, -0.25) is 4.79 Å². The Hall–Kier alpha value is -1.55. The monoisotopic (exact) mass is 263 g/mol. The molecule has 0 saturated carbocycles. The Morgan fingerprint density at radius 2 is 2.11 bits per heavy atom. The zero-order chi connectivity index (χ0) is 14.4. The highest BCUT2D eigenvalue weighted by Crippen LogP contribution is 2.13. The quantitative estimate of drug-likeness (QED) is 0.610. The summed E-state index contributed by atoms with van der Waals surface area (Å²) in [6.45, 7) is 7.91. The summed E-state index contributed by atoms with van der Waals surface area (Å²) in [5.41, 5.74) is 7.95. The van der Waals surface area contributed by atoms with Gasteiger partial charge in [-0.15, -0.1) is 0 Å². The molecule has 0 saturated heterocycles. The molecule has 0 aliphatic carbocycles. The topological polar surface area (TPSA) is 58.4 Å². The molecule has 1 aromatic carbocycles. The second-order valence-electron chi connectivity index (χ2n) is 5.27. The Labute approximate surface area is 116 Å². The molecule has 4 heteroatoms. The summed E-state index contributed by atoms with van der Waals surface area (Å²) in [7, 11) is 2.09. The number of nitrogens with one attached hydrogen (secondary N) is 1. The molecule has 0 unspecified atom stereocenters. The first-order valence-corrected chi connectivity index (χ1v) is 6.76. The van der Waals surface area contributed by atoms with Crippen LogP contribution in [0.1, 0.15) is 36.2 Å². The van der Waals surface area contributed by atoms with Crippen molar-refractivity contribution in [3.8, 4) is 0 Å². The minimum absolute atomic E-state index is 0.0894. The molecule has 0 bridgehead atoms. The summed E-state index contributed by atoms with van der Waals surface area (Å²) in [6, 6.07) is 6.04. The van der Waals surface area contributed by atoms with Crippen LogP contribution in [-0.2, 0) is 0 Å². The largest absolute Gasteiger partial charge is 0.398 e. The Morgan fingerprint density at radius 1 is 1.42 bits per heavy atom. The number of benzene rings is 1. The molecule has 1 aromatic rings. The van der Waals surface area contributed by atoms with Crippen LogP contribution in [0.25, 0.3) is 0 Å². The standard InChI is InChI=1S/C15H25N3O/c1-11(2)18(4)9-5-8-17-15(19)13-10-12(3)6-7-14(13)16/h6-7,10-11H,5,8-9,16H2,1-4H3,(H,17,19). The number of nitrogen functional groups attached to an aromatic ring is 1. The first-order valence-electron chi connectivity index (χ1n) is 6.76. The van der Waals surface area contributed by atoms with Gasteiger partial charge < -0.3 is 16.0 Å². The fraction of sp³-hybridized carbons (Fsp3) is 0.533. The van der Waals surface area contributed by atoms with Crippen LogP contribution >= 0.6 is 0 Å². The van der Waals surface area contributed by atoms with Crippen LogP contribution in [0, 0.1) is 6.92 Å². The van der Waals surface area contributed by atoms with E-state index in [1.165, 1.54) is 0 Å². The predicted molar refractivity (Wildman–Crippen MR) is 80.3 cm³/mol. The Bertz CT molecular complexity index is 429. The maximum Gasteiger partial charge on any atom is 0.253 e. The van der Waals surface area contributed by atoms with Gasteiger partial charge in [-0.1, -0.05) is 11.6 Å². The lowest BCUT2D eigenvalue weighted by Gasteiger charge is -2.20. The normalized spacial score (nSPS) is 11.1. The summed E-state index contributed by atoms with van der Waals surface area (Å²) < 4.78 is 0. The molecule has 1 amide bonds. The number of nitrogens with zero attached hydrogens (tertiary/aromatic N) is 1. The number of nitrogens with two attached hydrogens (primary N) is 1. The van der Waals surface area contributed by atoms with Crippen LogP contribution in [-0.4, -0.2) is 37.0 Å². The molecule has 0 aliphatic heterocycles. The highest BCUT2D eigenvalue weighted by molar-refractivity contribution is 5.99. The zero-order valence-corrected chi connectivity index (χ0v) is 12.4. The lowest BCUT2D eigenvalue weighted by atomic mass is 10.1. The SMILES string of the molecule is Cc1ccc(N)c(C(=O)NCCCN(C)C(C)C)c1. The maximum atomic E-state index is 12.0. The number of anilines is 1. The third-order valence-corrected chi connectivity index (χ3v) is 3.31. The lowest BCUT2D eigenvalue weighted by molar-refractivity contribution is 0.0952. The van der Waals surface area contributed by atoms with Crippen LogP contribution in [0.4, 0.5) is 5.69 Å². The molecular weight excluding hydrogens is 238 g/mol. The van der Waals surface area contributed by atoms with Crippen molar-refractivity contribution < 1.29 is 4.79 Å². The number of amides is 1. The fourth-order valence-corrected chi connectivity index (χ4v) is 1.75. The molecule has 106 valence electrons. The molecule has 0 spiro atoms. The van der Waals surface area contributed by atoms with Gasteiger partial charge >= 0.3 is 0 Å². The summed E-state index contributed by atoms with van der Waals surface area (Å²) in [5.74, 6) is -0.0894. The number of hydrogen-bond acceptors (Lipinski definition) is 3. The van der Waals surface area contributed by atoms with E-state index >= 15 is 0 Å². The van der Waals surface area contributed by atoms with Crippen LogP contribution in [0.15, 0.2) is 18.2 Å². The number of carbonyl (C=O) groups excluding carboxylic acids is 1. The molecule has 1 rings (SSSR count). The van der Waals surface area contributed by atoms with E-state index in [4.69, 9.17) is 5.73 Å². The van der Waals surface area contributed by atoms with E-state index in [1.807, 2.05) is 19.1 Å². The average molecular weight is 263 g/mol. The van der Waals surface area contributed by atoms with E-state index in [0.29, 0.717) is 23.8 Å². The summed E-state index contributed by atoms with van der Waals surface area (Å²) in [4.78, 5) is 14.2. The van der Waals surface area contributed by atoms with Gasteiger partial charge in [0, 0.05) is 18.3 Å². The molecule has 3 N–H and O–H groups in total. The maximum absolute atomic E-state index is 12.0. The van der Waals surface area contributed by atoms with E-state index < -0.39 is 0 Å². The lowest BCUT2D eigenvalue weighted by Crippen LogP contribution is -2.31. The van der Waals surface area contributed by atoms with Crippen molar-refractivity contribution >= 4 is 11.6 Å². The summed E-state index contributed by atoms with van der Waals surface area (Å²) in [6.07, 6.45) is 0.937. The van der Waals surface area contributed by atoms with E-state index in [1.54, 1.807) is 6.07 Å². The molecule has 0 aromatic heterocycles. The molecule has 4 nitrogen and oxygen atoms in total. The van der Waals surface area contributed by atoms with E-state index in [2.05, 4.69) is 31.1 Å². The highest BCUT2D eigenvalue weighted by atomic mass is 16.1. The van der Waals surface area contributed by atoms with Gasteiger partial charge in [-0.25, -0.2) is 0 Å². The van der Waals surface area contributed by atoms with Crippen molar-refractivity contribution in [2.75, 3.05) is 25.9 Å². The predicted octanol–water partition coefficient (Wildman–Crippen LogP) is 2.04. The van der Waals surface area contributed by atoms with Gasteiger partial charge in [0.1, 0.15) is 0 Å². The molecule has 0 atom stereocenters. The molecule has 0 heterocycles. The van der Waals surface area contributed by atoms with Crippen LogP contribution in [0.5, 0.6) is 0 Å². The Kier molecular flexibility index (Phi) is 5.83. The fourth-order valence-electron chi connectivity index (χ4n) is 1.75. The number of aryl methyl sites for hydroxylation is 1. The second-order valence-corrected chi connectivity index (χ2v) is 5.27. The minimum atomic E-state index is -0.0894. The molecule has 0 fully saturated rings. The summed E-state index contributed by atoms with van der Waals surface area (Å²) >= 11 is 0. The molecule has 19 heavy (non-hydrogen) atoms. The average Bonchev–Trinajstić information content (AvgIpc) is 2.36. The third kappa shape index (κ3) is 4.91. The molecule has 0 radical (unpaired) electrons. The minimum Gasteiger partial charge on any atom is -0.398 e. The van der Waals surface area contributed by atoms with Crippen molar-refractivity contribution in [1.82, 2.24) is 10.2 Å². The van der Waals surface area contributed by atoms with Crippen LogP contribution in [0.3, 0.4) is 0 Å². The zero-order valence-electron chi connectivity index (χ0n) is 12.4. The van der Waals surface area contributed by atoms with Gasteiger partial charge in [-0.2, -0.15) is 0 Å². The van der Waals surface area contributed by atoms with Crippen molar-refractivity contribution in [3.05, 3.63) is 29.3 Å². The first-order chi connectivity index (χ1) is 8.91. The second kappa shape index (κ2) is 7.14. The first kappa shape index (κ1) is 15.5. The van der Waals surface area contributed by atoms with Crippen molar-refractivity contribution in [1.29, 1.82) is 0 Å². The van der Waals surface area contributed by atoms with Crippen LogP contribution in [0.2, 0.25) is 0 Å². The van der Waals surface area contributed by atoms with Gasteiger partial charge in [0.2, 0.25) is 0 Å². The molecular formula is C15H25N3O. The highest BCUT2D eigenvalue weighted by Gasteiger charge is 2.09. The van der Waals surface area contributed by atoms with Crippen molar-refractivity contribution in [3.63, 3.8) is 0 Å². The smallest absolute Gasteiger partial charge is 0.253 e. The summed E-state index contributed by atoms with van der Waals surface area (Å²) in [5, 5.41) is 2.92.